The number of hydrogen-bond donors (Lipinski definition) is 1. The number of rotatable bonds is 4. The number of ether oxygens (including phenoxy) is 1. The number of carbonyl (C=O) groups is 1. The van der Waals surface area contributed by atoms with Gasteiger partial charge in [-0.1, -0.05) is 22.0 Å². The lowest BCUT2D eigenvalue weighted by atomic mass is 10.2. The van der Waals surface area contributed by atoms with E-state index in [0.717, 1.165) is 20.3 Å². The number of aromatic amines is 1. The molecule has 5 nitrogen and oxygen atoms in total. The van der Waals surface area contributed by atoms with E-state index in [0.29, 0.717) is 17.1 Å². The Kier molecular flexibility index (Phi) is 3.95. The van der Waals surface area contributed by atoms with Gasteiger partial charge in [-0.3, -0.25) is 0 Å². The second kappa shape index (κ2) is 6.26. The SMILES string of the molecule is O=C(OCc1coc(-c2cccs2)n1)c1c[nH]c2ccc(Br)cc12. The minimum atomic E-state index is -0.403. The number of nitrogens with zero attached hydrogens (tertiary/aromatic N) is 1. The average molecular weight is 403 g/mol. The first kappa shape index (κ1) is 15.2. The van der Waals surface area contributed by atoms with Gasteiger partial charge in [0.05, 0.1) is 10.4 Å². The molecule has 0 saturated carbocycles. The fourth-order valence-electron chi connectivity index (χ4n) is 2.37. The highest BCUT2D eigenvalue weighted by Gasteiger charge is 2.15. The Hall–Kier alpha value is -2.38. The van der Waals surface area contributed by atoms with Crippen LogP contribution in [0.2, 0.25) is 0 Å². The topological polar surface area (TPSA) is 68.1 Å². The van der Waals surface area contributed by atoms with E-state index >= 15 is 0 Å². The quantitative estimate of drug-likeness (QED) is 0.487. The zero-order valence-corrected chi connectivity index (χ0v) is 14.7. The van der Waals surface area contributed by atoms with Gasteiger partial charge >= 0.3 is 5.97 Å². The van der Waals surface area contributed by atoms with Crippen molar-refractivity contribution in [3.8, 4) is 10.8 Å². The van der Waals surface area contributed by atoms with Crippen LogP contribution in [0.4, 0.5) is 0 Å². The van der Waals surface area contributed by atoms with Crippen molar-refractivity contribution in [2.24, 2.45) is 0 Å². The van der Waals surface area contributed by atoms with Crippen molar-refractivity contribution in [2.45, 2.75) is 6.61 Å². The van der Waals surface area contributed by atoms with Crippen LogP contribution in [0.15, 0.2) is 57.1 Å². The normalized spacial score (nSPS) is 11.0. The maximum atomic E-state index is 12.3. The number of thiophene rings is 1. The van der Waals surface area contributed by atoms with Crippen molar-refractivity contribution in [3.05, 3.63) is 63.9 Å². The number of oxazole rings is 1. The van der Waals surface area contributed by atoms with E-state index in [1.807, 2.05) is 35.7 Å². The number of aromatic nitrogens is 2. The van der Waals surface area contributed by atoms with Gasteiger partial charge in [-0.25, -0.2) is 9.78 Å². The first-order valence-corrected chi connectivity index (χ1v) is 8.80. The molecule has 3 heterocycles. The number of benzene rings is 1. The van der Waals surface area contributed by atoms with Gasteiger partial charge in [-0.15, -0.1) is 11.3 Å². The third-order valence-corrected chi connectivity index (χ3v) is 4.85. The zero-order chi connectivity index (χ0) is 16.5. The summed E-state index contributed by atoms with van der Waals surface area (Å²) in [5.41, 5.74) is 1.95. The molecule has 0 unspecified atom stereocenters. The minimum Gasteiger partial charge on any atom is -0.455 e. The number of hydrogen-bond acceptors (Lipinski definition) is 5. The smallest absolute Gasteiger partial charge is 0.340 e. The summed E-state index contributed by atoms with van der Waals surface area (Å²) < 4.78 is 11.7. The molecule has 0 atom stereocenters. The van der Waals surface area contributed by atoms with E-state index in [9.17, 15) is 4.79 Å². The summed E-state index contributed by atoms with van der Waals surface area (Å²) in [7, 11) is 0. The second-order valence-corrected chi connectivity index (χ2v) is 6.95. The van der Waals surface area contributed by atoms with Gasteiger partial charge in [-0.2, -0.15) is 0 Å². The summed E-state index contributed by atoms with van der Waals surface area (Å²) in [5.74, 6) is 0.132. The van der Waals surface area contributed by atoms with E-state index < -0.39 is 5.97 Å². The van der Waals surface area contributed by atoms with Crippen LogP contribution in [0.25, 0.3) is 21.7 Å². The van der Waals surface area contributed by atoms with Crippen LogP contribution in [-0.2, 0) is 11.3 Å². The molecule has 1 aromatic carbocycles. The molecular weight excluding hydrogens is 392 g/mol. The van der Waals surface area contributed by atoms with Crippen LogP contribution in [0.5, 0.6) is 0 Å². The lowest BCUT2D eigenvalue weighted by molar-refractivity contribution is 0.0470. The molecule has 24 heavy (non-hydrogen) atoms. The Morgan fingerprint density at radius 1 is 1.38 bits per heavy atom. The molecule has 0 aliphatic rings. The Morgan fingerprint density at radius 3 is 3.12 bits per heavy atom. The van der Waals surface area contributed by atoms with Crippen LogP contribution in [0.1, 0.15) is 16.1 Å². The fraction of sp³-hybridized carbons (Fsp3) is 0.0588. The third-order valence-electron chi connectivity index (χ3n) is 3.50. The molecule has 0 spiro atoms. The standard InChI is InChI=1S/C17H11BrN2O3S/c18-10-3-4-14-12(6-10)13(7-19-14)17(21)23-9-11-8-22-16(20-11)15-2-1-5-24-15/h1-8,19H,9H2. The number of nitrogens with one attached hydrogen (secondary N) is 1. The van der Waals surface area contributed by atoms with Crippen molar-refractivity contribution in [2.75, 3.05) is 0 Å². The molecule has 4 aromatic rings. The molecule has 0 amide bonds. The van der Waals surface area contributed by atoms with Crippen molar-refractivity contribution >= 4 is 44.1 Å². The van der Waals surface area contributed by atoms with Gasteiger partial charge in [0.2, 0.25) is 5.89 Å². The predicted octanol–water partition coefficient (Wildman–Crippen LogP) is 5.00. The van der Waals surface area contributed by atoms with Gasteiger partial charge in [0.1, 0.15) is 18.6 Å². The van der Waals surface area contributed by atoms with E-state index in [1.54, 1.807) is 17.5 Å². The van der Waals surface area contributed by atoms with Crippen LogP contribution in [-0.4, -0.2) is 15.9 Å². The van der Waals surface area contributed by atoms with Gasteiger partial charge in [0, 0.05) is 21.6 Å². The molecule has 120 valence electrons. The molecule has 4 rings (SSSR count). The molecule has 1 N–H and O–H groups in total. The molecule has 0 bridgehead atoms. The Bertz CT molecular complexity index is 1000. The molecule has 0 fully saturated rings. The summed E-state index contributed by atoms with van der Waals surface area (Å²) in [6.45, 7) is 0.0639. The highest BCUT2D eigenvalue weighted by atomic mass is 79.9. The van der Waals surface area contributed by atoms with Crippen LogP contribution in [0, 0.1) is 0 Å². The number of halogens is 1. The van der Waals surface area contributed by atoms with Gasteiger partial charge in [0.25, 0.3) is 0 Å². The first-order chi connectivity index (χ1) is 11.7. The molecule has 0 aliphatic heterocycles. The predicted molar refractivity (Wildman–Crippen MR) is 94.9 cm³/mol. The third kappa shape index (κ3) is 2.88. The maximum absolute atomic E-state index is 12.3. The number of H-pyrrole nitrogens is 1. The largest absolute Gasteiger partial charge is 0.455 e. The van der Waals surface area contributed by atoms with Crippen LogP contribution < -0.4 is 0 Å². The first-order valence-electron chi connectivity index (χ1n) is 7.13. The summed E-state index contributed by atoms with van der Waals surface area (Å²) >= 11 is 4.95. The zero-order valence-electron chi connectivity index (χ0n) is 12.3. The van der Waals surface area contributed by atoms with E-state index in [2.05, 4.69) is 25.9 Å². The van der Waals surface area contributed by atoms with Crippen LogP contribution >= 0.6 is 27.3 Å². The Morgan fingerprint density at radius 2 is 2.29 bits per heavy atom. The van der Waals surface area contributed by atoms with Gasteiger partial charge in [0.15, 0.2) is 0 Å². The monoisotopic (exact) mass is 402 g/mol. The van der Waals surface area contributed by atoms with Crippen molar-refractivity contribution < 1.29 is 13.9 Å². The highest BCUT2D eigenvalue weighted by molar-refractivity contribution is 9.10. The minimum absolute atomic E-state index is 0.0639. The summed E-state index contributed by atoms with van der Waals surface area (Å²) in [6, 6.07) is 9.55. The number of carbonyl (C=O) groups excluding carboxylic acids is 1. The average Bonchev–Trinajstić information content (AvgIpc) is 3.31. The number of esters is 1. The maximum Gasteiger partial charge on any atom is 0.340 e. The van der Waals surface area contributed by atoms with E-state index in [-0.39, 0.29) is 6.61 Å². The fourth-order valence-corrected chi connectivity index (χ4v) is 3.38. The molecule has 0 radical (unpaired) electrons. The molecule has 3 aromatic heterocycles. The van der Waals surface area contributed by atoms with Crippen molar-refractivity contribution in [1.82, 2.24) is 9.97 Å². The second-order valence-electron chi connectivity index (χ2n) is 5.09. The van der Waals surface area contributed by atoms with Gasteiger partial charge < -0.3 is 14.1 Å². The van der Waals surface area contributed by atoms with Crippen LogP contribution in [0.3, 0.4) is 0 Å². The Balaban J connectivity index is 1.49. The summed E-state index contributed by atoms with van der Waals surface area (Å²) in [5, 5.41) is 2.77. The molecule has 0 aliphatic carbocycles. The summed E-state index contributed by atoms with van der Waals surface area (Å²) in [6.07, 6.45) is 3.16. The lowest BCUT2D eigenvalue weighted by Crippen LogP contribution is -2.04. The van der Waals surface area contributed by atoms with Gasteiger partial charge in [-0.05, 0) is 29.6 Å². The number of fused-ring (bicyclic) bond motifs is 1. The highest BCUT2D eigenvalue weighted by Crippen LogP contribution is 2.25. The van der Waals surface area contributed by atoms with Crippen molar-refractivity contribution in [3.63, 3.8) is 0 Å². The van der Waals surface area contributed by atoms with Crippen molar-refractivity contribution in [1.29, 1.82) is 0 Å². The summed E-state index contributed by atoms with van der Waals surface area (Å²) in [4.78, 5) is 20.7. The molecular formula is C17H11BrN2O3S. The lowest BCUT2D eigenvalue weighted by Gasteiger charge is -2.01. The van der Waals surface area contributed by atoms with E-state index in [1.165, 1.54) is 6.26 Å². The molecule has 7 heteroatoms. The Labute approximate surface area is 149 Å². The van der Waals surface area contributed by atoms with E-state index in [4.69, 9.17) is 9.15 Å². The molecule has 0 saturated heterocycles.